The van der Waals surface area contributed by atoms with Crippen molar-refractivity contribution in [3.05, 3.63) is 57.8 Å². The number of nitrogens with one attached hydrogen (secondary N) is 1. The number of anilines is 1. The number of hydrazone groups is 1. The van der Waals surface area contributed by atoms with E-state index in [2.05, 4.69) is 15.5 Å². The Morgan fingerprint density at radius 3 is 2.55 bits per heavy atom. The lowest BCUT2D eigenvalue weighted by Gasteiger charge is -2.25. The molecule has 3 rings (SSSR count). The molecule has 1 aliphatic rings. The fourth-order valence-corrected chi connectivity index (χ4v) is 4.55. The number of hydrogen-bond acceptors (Lipinski definition) is 7. The van der Waals surface area contributed by atoms with Crippen LogP contribution in [-0.2, 0) is 10.0 Å². The number of sulfonamides is 1. The maximum atomic E-state index is 12.6. The fourth-order valence-electron chi connectivity index (χ4n) is 3.09. The Labute approximate surface area is 169 Å². The molecule has 2 aromatic rings. The second-order valence-electron chi connectivity index (χ2n) is 6.91. The van der Waals surface area contributed by atoms with Gasteiger partial charge in [-0.15, -0.1) is 0 Å². The summed E-state index contributed by atoms with van der Waals surface area (Å²) in [4.78, 5) is 14.9. The summed E-state index contributed by atoms with van der Waals surface area (Å²) in [5, 5.41) is 15.3. The van der Waals surface area contributed by atoms with E-state index in [-0.39, 0.29) is 10.6 Å². The average molecular weight is 417 g/mol. The first kappa shape index (κ1) is 20.9. The second kappa shape index (κ2) is 8.66. The van der Waals surface area contributed by atoms with E-state index < -0.39 is 14.9 Å². The lowest BCUT2D eigenvalue weighted by Crippen LogP contribution is -2.35. The minimum Gasteiger partial charge on any atom is -0.261 e. The van der Waals surface area contributed by atoms with Gasteiger partial charge in [0.15, 0.2) is 0 Å². The number of nitro benzene ring substituents is 1. The van der Waals surface area contributed by atoms with Crippen molar-refractivity contribution >= 4 is 27.2 Å². The van der Waals surface area contributed by atoms with Crippen molar-refractivity contribution in [2.24, 2.45) is 5.10 Å². The van der Waals surface area contributed by atoms with Gasteiger partial charge in [0.1, 0.15) is 10.7 Å². The van der Waals surface area contributed by atoms with Crippen LogP contribution in [-0.4, -0.2) is 41.4 Å². The third kappa shape index (κ3) is 4.77. The number of aryl methyl sites for hydroxylation is 1. The van der Waals surface area contributed by atoms with E-state index in [1.165, 1.54) is 22.6 Å². The van der Waals surface area contributed by atoms with Gasteiger partial charge in [-0.1, -0.05) is 18.6 Å². The zero-order valence-electron chi connectivity index (χ0n) is 16.3. The minimum atomic E-state index is -3.53. The first-order valence-corrected chi connectivity index (χ1v) is 10.7. The predicted molar refractivity (Wildman–Crippen MR) is 111 cm³/mol. The Bertz CT molecular complexity index is 1030. The van der Waals surface area contributed by atoms with Gasteiger partial charge in [-0.2, -0.15) is 9.41 Å². The van der Waals surface area contributed by atoms with Crippen LogP contribution >= 0.6 is 0 Å². The molecule has 29 heavy (non-hydrogen) atoms. The number of aromatic nitrogens is 1. The number of rotatable bonds is 6. The number of nitrogens with zero attached hydrogens (tertiary/aromatic N) is 4. The van der Waals surface area contributed by atoms with Crippen molar-refractivity contribution in [1.29, 1.82) is 0 Å². The molecule has 1 fully saturated rings. The Balaban J connectivity index is 1.73. The summed E-state index contributed by atoms with van der Waals surface area (Å²) in [6, 6.07) is 7.94. The summed E-state index contributed by atoms with van der Waals surface area (Å²) in [7, 11) is -3.53. The SMILES string of the molecule is C/C(=N/Nc1ccc(S(=O)(=O)N2CCCCC2)cn1)c1ccc(C)c([N+](=O)[O-])c1. The third-order valence-corrected chi connectivity index (χ3v) is 6.73. The molecule has 1 N–H and O–H groups in total. The first-order chi connectivity index (χ1) is 13.8. The largest absolute Gasteiger partial charge is 0.272 e. The molecule has 1 saturated heterocycles. The highest BCUT2D eigenvalue weighted by atomic mass is 32.2. The van der Waals surface area contributed by atoms with Crippen LogP contribution in [0.3, 0.4) is 0 Å². The average Bonchev–Trinajstić information content (AvgIpc) is 2.73. The highest BCUT2D eigenvalue weighted by Crippen LogP contribution is 2.22. The van der Waals surface area contributed by atoms with Gasteiger partial charge in [0, 0.05) is 36.5 Å². The second-order valence-corrected chi connectivity index (χ2v) is 8.85. The maximum absolute atomic E-state index is 12.6. The Morgan fingerprint density at radius 1 is 1.21 bits per heavy atom. The van der Waals surface area contributed by atoms with E-state index in [9.17, 15) is 18.5 Å². The number of hydrogen-bond donors (Lipinski definition) is 1. The highest BCUT2D eigenvalue weighted by Gasteiger charge is 2.26. The van der Waals surface area contributed by atoms with E-state index in [4.69, 9.17) is 0 Å². The third-order valence-electron chi connectivity index (χ3n) is 4.85. The number of nitro groups is 1. The molecular weight excluding hydrogens is 394 g/mol. The highest BCUT2D eigenvalue weighted by molar-refractivity contribution is 7.89. The first-order valence-electron chi connectivity index (χ1n) is 9.31. The van der Waals surface area contributed by atoms with Crippen LogP contribution < -0.4 is 5.43 Å². The van der Waals surface area contributed by atoms with Crippen LogP contribution in [0.1, 0.15) is 37.3 Å². The van der Waals surface area contributed by atoms with Crippen molar-refractivity contribution in [1.82, 2.24) is 9.29 Å². The maximum Gasteiger partial charge on any atom is 0.272 e. The van der Waals surface area contributed by atoms with Gasteiger partial charge in [-0.3, -0.25) is 15.5 Å². The van der Waals surface area contributed by atoms with E-state index in [1.807, 2.05) is 0 Å². The lowest BCUT2D eigenvalue weighted by molar-refractivity contribution is -0.385. The van der Waals surface area contributed by atoms with Crippen molar-refractivity contribution in [2.45, 2.75) is 38.0 Å². The van der Waals surface area contributed by atoms with Crippen LogP contribution in [0.2, 0.25) is 0 Å². The molecule has 0 aliphatic carbocycles. The molecule has 0 atom stereocenters. The number of piperidine rings is 1. The topological polar surface area (TPSA) is 118 Å². The van der Waals surface area contributed by atoms with Gasteiger partial charge >= 0.3 is 0 Å². The van der Waals surface area contributed by atoms with Crippen LogP contribution in [0.15, 0.2) is 46.5 Å². The monoisotopic (exact) mass is 417 g/mol. The standard InChI is InChI=1S/C19H23N5O4S/c1-14-6-7-16(12-18(14)24(25)26)15(2)21-22-19-9-8-17(13-20-19)29(27,28)23-10-4-3-5-11-23/h6-9,12-13H,3-5,10-11H2,1-2H3,(H,20,22)/b21-15-. The summed E-state index contributed by atoms with van der Waals surface area (Å²) >= 11 is 0. The molecule has 1 aromatic carbocycles. The normalized spacial score (nSPS) is 15.9. The molecule has 154 valence electrons. The van der Waals surface area contributed by atoms with Gasteiger partial charge < -0.3 is 0 Å². The van der Waals surface area contributed by atoms with Gasteiger partial charge in [0.2, 0.25) is 10.0 Å². The molecular formula is C19H23N5O4S. The van der Waals surface area contributed by atoms with Crippen LogP contribution in [0.25, 0.3) is 0 Å². The Hall–Kier alpha value is -2.85. The van der Waals surface area contributed by atoms with Gasteiger partial charge in [0.05, 0.1) is 10.6 Å². The van der Waals surface area contributed by atoms with Crippen molar-refractivity contribution < 1.29 is 13.3 Å². The van der Waals surface area contributed by atoms with E-state index in [0.29, 0.717) is 35.7 Å². The molecule has 0 spiro atoms. The van der Waals surface area contributed by atoms with Crippen molar-refractivity contribution in [3.63, 3.8) is 0 Å². The van der Waals surface area contributed by atoms with Crippen molar-refractivity contribution in [3.8, 4) is 0 Å². The van der Waals surface area contributed by atoms with Crippen LogP contribution in [0, 0.1) is 17.0 Å². The summed E-state index contributed by atoms with van der Waals surface area (Å²) in [6.45, 7) is 4.47. The molecule has 1 aliphatic heterocycles. The van der Waals surface area contributed by atoms with Crippen LogP contribution in [0.4, 0.5) is 11.5 Å². The zero-order chi connectivity index (χ0) is 21.0. The lowest BCUT2D eigenvalue weighted by atomic mass is 10.1. The predicted octanol–water partition coefficient (Wildman–Crippen LogP) is 3.31. The minimum absolute atomic E-state index is 0.0300. The molecule has 10 heteroatoms. The molecule has 1 aromatic heterocycles. The molecule has 9 nitrogen and oxygen atoms in total. The van der Waals surface area contributed by atoms with E-state index in [1.54, 1.807) is 32.0 Å². The summed E-state index contributed by atoms with van der Waals surface area (Å²) in [5.41, 5.74) is 4.52. The van der Waals surface area contributed by atoms with Gasteiger partial charge in [-0.05, 0) is 38.8 Å². The fraction of sp³-hybridized carbons (Fsp3) is 0.368. The summed E-state index contributed by atoms with van der Waals surface area (Å²) in [6.07, 6.45) is 4.11. The zero-order valence-corrected chi connectivity index (χ0v) is 17.1. The summed E-state index contributed by atoms with van der Waals surface area (Å²) < 4.78 is 26.8. The van der Waals surface area contributed by atoms with Crippen LogP contribution in [0.5, 0.6) is 0 Å². The van der Waals surface area contributed by atoms with Crippen molar-refractivity contribution in [2.75, 3.05) is 18.5 Å². The smallest absolute Gasteiger partial charge is 0.261 e. The quantitative estimate of drug-likeness (QED) is 0.438. The molecule has 2 heterocycles. The molecule has 0 amide bonds. The Kier molecular flexibility index (Phi) is 6.23. The molecule has 0 unspecified atom stereocenters. The number of pyridine rings is 1. The van der Waals surface area contributed by atoms with Gasteiger partial charge in [0.25, 0.3) is 5.69 Å². The Morgan fingerprint density at radius 2 is 1.93 bits per heavy atom. The summed E-state index contributed by atoms with van der Waals surface area (Å²) in [5.74, 6) is 0.378. The van der Waals surface area contributed by atoms with Gasteiger partial charge in [-0.25, -0.2) is 13.4 Å². The molecule has 0 saturated carbocycles. The molecule has 0 radical (unpaired) electrons. The molecule has 0 bridgehead atoms. The van der Waals surface area contributed by atoms with E-state index >= 15 is 0 Å². The number of benzene rings is 1. The van der Waals surface area contributed by atoms with E-state index in [0.717, 1.165) is 19.3 Å².